The van der Waals surface area contributed by atoms with Gasteiger partial charge in [0.1, 0.15) is 4.99 Å². The fourth-order valence-electron chi connectivity index (χ4n) is 2.60. The predicted molar refractivity (Wildman–Crippen MR) is 85.7 cm³/mol. The van der Waals surface area contributed by atoms with Crippen LogP contribution in [0.1, 0.15) is 36.8 Å². The van der Waals surface area contributed by atoms with Gasteiger partial charge in [0.25, 0.3) is 0 Å². The minimum Gasteiger partial charge on any atom is -0.391 e. The molecule has 0 heterocycles. The molecule has 5 nitrogen and oxygen atoms in total. The Kier molecular flexibility index (Phi) is 4.98. The summed E-state index contributed by atoms with van der Waals surface area (Å²) in [6.45, 7) is 1.77. The van der Waals surface area contributed by atoms with Gasteiger partial charge in [-0.3, -0.25) is 0 Å². The van der Waals surface area contributed by atoms with E-state index in [1.54, 1.807) is 19.1 Å². The van der Waals surface area contributed by atoms with Crippen molar-refractivity contribution in [3.8, 4) is 0 Å². The minimum atomic E-state index is -3.65. The fraction of sp³-hybridized carbons (Fsp3) is 0.500. The van der Waals surface area contributed by atoms with E-state index in [9.17, 15) is 13.5 Å². The smallest absolute Gasteiger partial charge is 0.240 e. The second-order valence-electron chi connectivity index (χ2n) is 5.42. The highest BCUT2D eigenvalue weighted by atomic mass is 32.2. The van der Waals surface area contributed by atoms with Gasteiger partial charge >= 0.3 is 0 Å². The number of aryl methyl sites for hydroxylation is 1. The van der Waals surface area contributed by atoms with Crippen molar-refractivity contribution in [2.75, 3.05) is 0 Å². The van der Waals surface area contributed by atoms with Crippen molar-refractivity contribution in [2.45, 2.75) is 49.6 Å². The van der Waals surface area contributed by atoms with Gasteiger partial charge in [0.2, 0.25) is 10.0 Å². The summed E-state index contributed by atoms with van der Waals surface area (Å²) in [7, 11) is -3.65. The van der Waals surface area contributed by atoms with Crippen LogP contribution >= 0.6 is 12.2 Å². The Bertz CT molecular complexity index is 644. The summed E-state index contributed by atoms with van der Waals surface area (Å²) in [4.78, 5) is 0.407. The Morgan fingerprint density at radius 2 is 2.05 bits per heavy atom. The molecule has 0 amide bonds. The number of hydrogen-bond acceptors (Lipinski definition) is 4. The summed E-state index contributed by atoms with van der Waals surface area (Å²) in [5.41, 5.74) is 6.96. The van der Waals surface area contributed by atoms with Crippen molar-refractivity contribution in [1.29, 1.82) is 0 Å². The lowest BCUT2D eigenvalue weighted by molar-refractivity contribution is 0.101. The van der Waals surface area contributed by atoms with Crippen LogP contribution < -0.4 is 10.5 Å². The van der Waals surface area contributed by atoms with Gasteiger partial charge in [0.05, 0.1) is 11.0 Å². The molecule has 2 rings (SSSR count). The molecule has 0 radical (unpaired) electrons. The quantitative estimate of drug-likeness (QED) is 0.723. The van der Waals surface area contributed by atoms with Crippen molar-refractivity contribution in [2.24, 2.45) is 5.73 Å². The molecule has 0 spiro atoms. The third-order valence-corrected chi connectivity index (χ3v) is 5.52. The summed E-state index contributed by atoms with van der Waals surface area (Å²) in [6.07, 6.45) is 2.52. The molecule has 1 aliphatic rings. The number of aliphatic hydroxyl groups excluding tert-OH is 1. The lowest BCUT2D eigenvalue weighted by Crippen LogP contribution is -2.44. The Balaban J connectivity index is 2.23. The average Bonchev–Trinajstić information content (AvgIpc) is 2.40. The number of nitrogens with two attached hydrogens (primary N) is 1. The first kappa shape index (κ1) is 16.4. The van der Waals surface area contributed by atoms with E-state index in [4.69, 9.17) is 18.0 Å². The van der Waals surface area contributed by atoms with Crippen molar-refractivity contribution in [3.63, 3.8) is 0 Å². The van der Waals surface area contributed by atoms with Crippen LogP contribution in [0.25, 0.3) is 0 Å². The molecule has 1 saturated carbocycles. The highest BCUT2D eigenvalue weighted by molar-refractivity contribution is 7.89. The normalized spacial score (nSPS) is 23.0. The van der Waals surface area contributed by atoms with E-state index in [-0.39, 0.29) is 9.88 Å². The summed E-state index contributed by atoms with van der Waals surface area (Å²) >= 11 is 4.91. The molecule has 1 aliphatic carbocycles. The highest BCUT2D eigenvalue weighted by Crippen LogP contribution is 2.21. The molecule has 1 aromatic rings. The van der Waals surface area contributed by atoms with Crippen LogP contribution in [0.5, 0.6) is 0 Å². The maximum absolute atomic E-state index is 12.4. The van der Waals surface area contributed by atoms with Gasteiger partial charge in [-0.2, -0.15) is 0 Å². The first-order valence-electron chi connectivity index (χ1n) is 6.92. The van der Waals surface area contributed by atoms with E-state index in [1.165, 1.54) is 6.07 Å². The van der Waals surface area contributed by atoms with Crippen LogP contribution in [0.2, 0.25) is 0 Å². The fourth-order valence-corrected chi connectivity index (χ4v) is 4.21. The first-order chi connectivity index (χ1) is 9.81. The van der Waals surface area contributed by atoms with Crippen LogP contribution in [0.4, 0.5) is 0 Å². The van der Waals surface area contributed by atoms with E-state index >= 15 is 0 Å². The van der Waals surface area contributed by atoms with E-state index in [0.717, 1.165) is 18.4 Å². The molecule has 21 heavy (non-hydrogen) atoms. The zero-order valence-electron chi connectivity index (χ0n) is 11.9. The third kappa shape index (κ3) is 3.79. The number of nitrogens with one attached hydrogen (secondary N) is 1. The molecule has 4 N–H and O–H groups in total. The van der Waals surface area contributed by atoms with Crippen molar-refractivity contribution >= 4 is 27.2 Å². The topological polar surface area (TPSA) is 92.4 Å². The molecule has 0 aromatic heterocycles. The lowest BCUT2D eigenvalue weighted by Gasteiger charge is -2.28. The SMILES string of the molecule is Cc1cc(S(=O)(=O)NC2CCCCC2O)ccc1C(N)=S. The molecule has 116 valence electrons. The Labute approximate surface area is 130 Å². The maximum Gasteiger partial charge on any atom is 0.240 e. The maximum atomic E-state index is 12.4. The van der Waals surface area contributed by atoms with E-state index in [2.05, 4.69) is 4.72 Å². The molecule has 0 saturated heterocycles. The van der Waals surface area contributed by atoms with Gasteiger partial charge < -0.3 is 10.8 Å². The summed E-state index contributed by atoms with van der Waals surface area (Å²) < 4.78 is 27.4. The van der Waals surface area contributed by atoms with E-state index in [0.29, 0.717) is 18.4 Å². The lowest BCUT2D eigenvalue weighted by atomic mass is 9.93. The van der Waals surface area contributed by atoms with Crippen LogP contribution in [0.3, 0.4) is 0 Å². The van der Waals surface area contributed by atoms with E-state index in [1.807, 2.05) is 0 Å². The minimum absolute atomic E-state index is 0.165. The summed E-state index contributed by atoms with van der Waals surface area (Å²) in [5, 5.41) is 9.89. The Morgan fingerprint density at radius 3 is 2.62 bits per heavy atom. The Morgan fingerprint density at radius 1 is 1.38 bits per heavy atom. The van der Waals surface area contributed by atoms with Crippen molar-refractivity contribution in [1.82, 2.24) is 4.72 Å². The molecular formula is C14H20N2O3S2. The van der Waals surface area contributed by atoms with Gasteiger partial charge in [-0.05, 0) is 37.5 Å². The van der Waals surface area contributed by atoms with Gasteiger partial charge in [0.15, 0.2) is 0 Å². The largest absolute Gasteiger partial charge is 0.391 e. The third-order valence-electron chi connectivity index (χ3n) is 3.81. The second-order valence-corrected chi connectivity index (χ2v) is 7.57. The van der Waals surface area contributed by atoms with Crippen molar-refractivity contribution < 1.29 is 13.5 Å². The molecular weight excluding hydrogens is 308 g/mol. The first-order valence-corrected chi connectivity index (χ1v) is 8.81. The molecule has 2 atom stereocenters. The zero-order chi connectivity index (χ0) is 15.6. The monoisotopic (exact) mass is 328 g/mol. The standard InChI is InChI=1S/C14H20N2O3S2/c1-9-8-10(6-7-11(9)14(15)20)21(18,19)16-12-4-2-3-5-13(12)17/h6-8,12-13,16-17H,2-5H2,1H3,(H2,15,20). The van der Waals surface area contributed by atoms with E-state index < -0.39 is 22.2 Å². The highest BCUT2D eigenvalue weighted by Gasteiger charge is 2.28. The predicted octanol–water partition coefficient (Wildman–Crippen LogP) is 1.21. The number of hydrogen-bond donors (Lipinski definition) is 3. The van der Waals surface area contributed by atoms with Gasteiger partial charge in [0, 0.05) is 11.6 Å². The van der Waals surface area contributed by atoms with Crippen LogP contribution in [0.15, 0.2) is 23.1 Å². The van der Waals surface area contributed by atoms with Gasteiger partial charge in [-0.25, -0.2) is 13.1 Å². The molecule has 1 aromatic carbocycles. The number of thiocarbonyl (C=S) groups is 1. The van der Waals surface area contributed by atoms with Gasteiger partial charge in [-0.15, -0.1) is 0 Å². The van der Waals surface area contributed by atoms with Crippen molar-refractivity contribution in [3.05, 3.63) is 29.3 Å². The molecule has 1 fully saturated rings. The van der Waals surface area contributed by atoms with Crippen LogP contribution in [-0.2, 0) is 10.0 Å². The Hall–Kier alpha value is -1.02. The van der Waals surface area contributed by atoms with Crippen LogP contribution in [0, 0.1) is 6.92 Å². The number of aliphatic hydroxyl groups is 1. The number of benzene rings is 1. The number of rotatable bonds is 4. The summed E-state index contributed by atoms with van der Waals surface area (Å²) in [5.74, 6) is 0. The zero-order valence-corrected chi connectivity index (χ0v) is 13.5. The molecule has 7 heteroatoms. The molecule has 2 unspecified atom stereocenters. The molecule has 0 aliphatic heterocycles. The molecule has 0 bridgehead atoms. The van der Waals surface area contributed by atoms with Gasteiger partial charge in [-0.1, -0.05) is 31.1 Å². The van der Waals surface area contributed by atoms with Crippen LogP contribution in [-0.4, -0.2) is 30.7 Å². The number of sulfonamides is 1. The summed E-state index contributed by atoms with van der Waals surface area (Å²) in [6, 6.07) is 4.23. The second kappa shape index (κ2) is 6.39. The average molecular weight is 328 g/mol.